The lowest BCUT2D eigenvalue weighted by Crippen LogP contribution is -2.35. The molecule has 0 radical (unpaired) electrons. The van der Waals surface area contributed by atoms with Gasteiger partial charge >= 0.3 is 5.97 Å². The van der Waals surface area contributed by atoms with Crippen LogP contribution < -0.4 is 5.32 Å². The number of piperidine rings is 1. The summed E-state index contributed by atoms with van der Waals surface area (Å²) in [5, 5.41) is 13.3. The van der Waals surface area contributed by atoms with Gasteiger partial charge in [0.2, 0.25) is 10.0 Å². The largest absolute Gasteiger partial charge is 0.449 e. The summed E-state index contributed by atoms with van der Waals surface area (Å²) in [6.45, 7) is 3.87. The van der Waals surface area contributed by atoms with Crippen molar-refractivity contribution in [2.24, 2.45) is 0 Å². The van der Waals surface area contributed by atoms with Crippen molar-refractivity contribution >= 4 is 33.3 Å². The van der Waals surface area contributed by atoms with Crippen LogP contribution in [0.4, 0.5) is 11.4 Å². The normalized spacial score (nSPS) is 15.5. The van der Waals surface area contributed by atoms with E-state index in [1.165, 1.54) is 53.7 Å². The zero-order chi connectivity index (χ0) is 24.2. The third-order valence-corrected chi connectivity index (χ3v) is 7.25. The molecule has 1 N–H and O–H groups in total. The van der Waals surface area contributed by atoms with Crippen LogP contribution in [0.2, 0.25) is 0 Å². The summed E-state index contributed by atoms with van der Waals surface area (Å²) in [7, 11) is -3.74. The fourth-order valence-corrected chi connectivity index (χ4v) is 5.00. The van der Waals surface area contributed by atoms with E-state index in [1.807, 2.05) is 0 Å². The first-order valence-electron chi connectivity index (χ1n) is 10.5. The van der Waals surface area contributed by atoms with Gasteiger partial charge < -0.3 is 10.1 Å². The monoisotopic (exact) mass is 475 g/mol. The van der Waals surface area contributed by atoms with E-state index in [-0.39, 0.29) is 21.8 Å². The predicted octanol–water partition coefficient (Wildman–Crippen LogP) is 3.26. The highest BCUT2D eigenvalue weighted by Crippen LogP contribution is 2.24. The van der Waals surface area contributed by atoms with Crippen LogP contribution in [0.1, 0.15) is 42.1 Å². The first-order chi connectivity index (χ1) is 15.6. The average molecular weight is 476 g/mol. The van der Waals surface area contributed by atoms with Crippen molar-refractivity contribution in [3.8, 4) is 0 Å². The molecule has 33 heavy (non-hydrogen) atoms. The Morgan fingerprint density at radius 3 is 2.48 bits per heavy atom. The molecule has 1 saturated heterocycles. The molecule has 2 aromatic rings. The molecule has 0 bridgehead atoms. The summed E-state index contributed by atoms with van der Waals surface area (Å²) in [6, 6.07) is 9.61. The van der Waals surface area contributed by atoms with Gasteiger partial charge in [0.25, 0.3) is 11.6 Å². The van der Waals surface area contributed by atoms with Crippen molar-refractivity contribution in [3.63, 3.8) is 0 Å². The summed E-state index contributed by atoms with van der Waals surface area (Å²) in [4.78, 5) is 35.4. The smallest absolute Gasteiger partial charge is 0.339 e. The number of sulfonamides is 1. The molecule has 0 saturated carbocycles. The summed E-state index contributed by atoms with van der Waals surface area (Å²) < 4.78 is 32.5. The first kappa shape index (κ1) is 24.3. The van der Waals surface area contributed by atoms with Crippen molar-refractivity contribution in [2.45, 2.75) is 44.1 Å². The Balaban J connectivity index is 1.73. The molecular formula is C22H25N3O7S. The molecule has 1 heterocycles. The third kappa shape index (κ3) is 5.74. The number of benzene rings is 2. The molecule has 0 aliphatic carbocycles. The van der Waals surface area contributed by atoms with Gasteiger partial charge in [-0.3, -0.25) is 14.9 Å². The first-order valence-corrected chi connectivity index (χ1v) is 11.9. The minimum absolute atomic E-state index is 0.00403. The zero-order valence-electron chi connectivity index (χ0n) is 18.3. The lowest BCUT2D eigenvalue weighted by Gasteiger charge is -2.26. The molecule has 10 nitrogen and oxygen atoms in total. The molecule has 11 heteroatoms. The lowest BCUT2D eigenvalue weighted by molar-refractivity contribution is -0.384. The molecule has 0 spiro atoms. The zero-order valence-corrected chi connectivity index (χ0v) is 19.1. The average Bonchev–Trinajstić information content (AvgIpc) is 2.79. The van der Waals surface area contributed by atoms with Crippen LogP contribution in [-0.2, 0) is 19.6 Å². The van der Waals surface area contributed by atoms with Crippen LogP contribution in [0.15, 0.2) is 47.4 Å². The lowest BCUT2D eigenvalue weighted by atomic mass is 10.1. The number of carbonyl (C=O) groups is 2. The van der Waals surface area contributed by atoms with E-state index < -0.39 is 32.9 Å². The Bertz CT molecular complexity index is 1170. The molecule has 1 amide bonds. The fraction of sp³-hybridized carbons (Fsp3) is 0.364. The van der Waals surface area contributed by atoms with Crippen LogP contribution in [-0.4, -0.2) is 48.7 Å². The summed E-state index contributed by atoms with van der Waals surface area (Å²) in [5.74, 6) is -1.52. The second-order valence-corrected chi connectivity index (χ2v) is 9.72. The van der Waals surface area contributed by atoms with Gasteiger partial charge in [-0.25, -0.2) is 13.2 Å². The van der Waals surface area contributed by atoms with E-state index in [0.29, 0.717) is 18.7 Å². The molecule has 0 unspecified atom stereocenters. The molecular weight excluding hydrogens is 450 g/mol. The molecule has 3 rings (SSSR count). The van der Waals surface area contributed by atoms with Gasteiger partial charge in [-0.15, -0.1) is 0 Å². The number of nitrogens with zero attached hydrogens (tertiary/aromatic N) is 2. The van der Waals surface area contributed by atoms with E-state index in [2.05, 4.69) is 5.32 Å². The number of nitrogens with one attached hydrogen (secondary N) is 1. The molecule has 1 aliphatic rings. The highest BCUT2D eigenvalue weighted by Gasteiger charge is 2.28. The number of ether oxygens (including phenoxy) is 1. The number of hydrogen-bond donors (Lipinski definition) is 1. The molecule has 176 valence electrons. The predicted molar refractivity (Wildman–Crippen MR) is 120 cm³/mol. The van der Waals surface area contributed by atoms with Crippen LogP contribution >= 0.6 is 0 Å². The Morgan fingerprint density at radius 1 is 1.12 bits per heavy atom. The standard InChI is InChI=1S/C22H25N3O7S/c1-15-9-10-19(33(30,31)24-11-4-3-5-12-24)14-20(15)22(27)32-16(2)21(26)23-17-7-6-8-18(13-17)25(28)29/h6-10,13-14,16H,3-5,11-12H2,1-2H3,(H,23,26)/t16-/m1/s1. The fourth-order valence-electron chi connectivity index (χ4n) is 3.45. The van der Waals surface area contributed by atoms with Crippen molar-refractivity contribution in [3.05, 3.63) is 63.7 Å². The number of rotatable bonds is 7. The third-order valence-electron chi connectivity index (χ3n) is 5.36. The van der Waals surface area contributed by atoms with Crippen molar-refractivity contribution in [1.29, 1.82) is 0 Å². The number of esters is 1. The minimum atomic E-state index is -3.74. The topological polar surface area (TPSA) is 136 Å². The van der Waals surface area contributed by atoms with Gasteiger partial charge in [0.1, 0.15) is 0 Å². The Hall–Kier alpha value is -3.31. The van der Waals surface area contributed by atoms with Gasteiger partial charge in [0, 0.05) is 30.9 Å². The minimum Gasteiger partial charge on any atom is -0.449 e. The van der Waals surface area contributed by atoms with E-state index in [0.717, 1.165) is 19.3 Å². The number of amides is 1. The van der Waals surface area contributed by atoms with Gasteiger partial charge in [-0.2, -0.15) is 4.31 Å². The maximum absolute atomic E-state index is 12.9. The van der Waals surface area contributed by atoms with E-state index in [4.69, 9.17) is 4.74 Å². The number of hydrogen-bond acceptors (Lipinski definition) is 7. The van der Waals surface area contributed by atoms with Crippen LogP contribution in [0.25, 0.3) is 0 Å². The van der Waals surface area contributed by atoms with Crippen LogP contribution in [0.5, 0.6) is 0 Å². The summed E-state index contributed by atoms with van der Waals surface area (Å²) >= 11 is 0. The number of aryl methyl sites for hydroxylation is 1. The van der Waals surface area contributed by atoms with Gasteiger partial charge in [0.05, 0.1) is 15.4 Å². The summed E-state index contributed by atoms with van der Waals surface area (Å²) in [6.07, 6.45) is 1.33. The maximum Gasteiger partial charge on any atom is 0.339 e. The van der Waals surface area contributed by atoms with Gasteiger partial charge in [-0.1, -0.05) is 18.6 Å². The second kappa shape index (κ2) is 10.1. The van der Waals surface area contributed by atoms with Crippen molar-refractivity contribution in [2.75, 3.05) is 18.4 Å². The van der Waals surface area contributed by atoms with Crippen LogP contribution in [0, 0.1) is 17.0 Å². The van der Waals surface area contributed by atoms with E-state index >= 15 is 0 Å². The number of nitro groups is 1. The van der Waals surface area contributed by atoms with E-state index in [1.54, 1.807) is 6.92 Å². The van der Waals surface area contributed by atoms with Crippen LogP contribution in [0.3, 0.4) is 0 Å². The van der Waals surface area contributed by atoms with Gasteiger partial charge in [0.15, 0.2) is 6.10 Å². The molecule has 1 atom stereocenters. The van der Waals surface area contributed by atoms with Crippen molar-refractivity contribution < 1.29 is 27.7 Å². The quantitative estimate of drug-likeness (QED) is 0.369. The second-order valence-electron chi connectivity index (χ2n) is 7.79. The molecule has 1 aliphatic heterocycles. The maximum atomic E-state index is 12.9. The Labute approximate surface area is 191 Å². The summed E-state index contributed by atoms with van der Waals surface area (Å²) in [5.41, 5.74) is 0.537. The number of nitro benzene ring substituents is 1. The number of anilines is 1. The van der Waals surface area contributed by atoms with E-state index in [9.17, 15) is 28.1 Å². The van der Waals surface area contributed by atoms with Gasteiger partial charge in [-0.05, 0) is 50.5 Å². The Kier molecular flexibility index (Phi) is 7.44. The molecule has 2 aromatic carbocycles. The highest BCUT2D eigenvalue weighted by molar-refractivity contribution is 7.89. The molecule has 1 fully saturated rings. The highest BCUT2D eigenvalue weighted by atomic mass is 32.2. The Morgan fingerprint density at radius 2 is 1.82 bits per heavy atom. The SMILES string of the molecule is Cc1ccc(S(=O)(=O)N2CCCCC2)cc1C(=O)O[C@H](C)C(=O)Nc1cccc([N+](=O)[O-])c1. The molecule has 0 aromatic heterocycles. The number of non-ortho nitro benzene ring substituents is 1. The number of carbonyl (C=O) groups excluding carboxylic acids is 2. The van der Waals surface area contributed by atoms with Crippen molar-refractivity contribution in [1.82, 2.24) is 4.31 Å².